The van der Waals surface area contributed by atoms with Crippen LogP contribution in [0, 0.1) is 18.8 Å². The minimum Gasteiger partial charge on any atom is -0.349 e. The summed E-state index contributed by atoms with van der Waals surface area (Å²) in [7, 11) is 0. The van der Waals surface area contributed by atoms with Crippen molar-refractivity contribution in [3.8, 4) is 11.8 Å². The van der Waals surface area contributed by atoms with Gasteiger partial charge in [-0.15, -0.1) is 0 Å². The van der Waals surface area contributed by atoms with E-state index < -0.39 is 0 Å². The predicted octanol–water partition coefficient (Wildman–Crippen LogP) is 1.93. The maximum atomic E-state index is 12.3. The summed E-state index contributed by atoms with van der Waals surface area (Å²) in [4.78, 5) is 12.3. The zero-order chi connectivity index (χ0) is 14.4. The van der Waals surface area contributed by atoms with Crippen LogP contribution in [-0.4, -0.2) is 30.0 Å². The molecule has 1 fully saturated rings. The molecule has 3 nitrogen and oxygen atoms in total. The Morgan fingerprint density at radius 2 is 2.20 bits per heavy atom. The first-order chi connectivity index (χ1) is 9.70. The van der Waals surface area contributed by atoms with Gasteiger partial charge in [0, 0.05) is 17.2 Å². The lowest BCUT2D eigenvalue weighted by Gasteiger charge is -2.22. The van der Waals surface area contributed by atoms with Gasteiger partial charge < -0.3 is 11.1 Å². The molecule has 0 bridgehead atoms. The number of carbonyl (C=O) groups is 1. The van der Waals surface area contributed by atoms with Crippen molar-refractivity contribution in [1.82, 2.24) is 5.32 Å². The number of benzene rings is 1. The molecule has 2 rings (SSSR count). The van der Waals surface area contributed by atoms with Crippen molar-refractivity contribution in [2.75, 3.05) is 18.1 Å². The van der Waals surface area contributed by atoms with E-state index >= 15 is 0 Å². The number of thioether (sulfide) groups is 1. The maximum absolute atomic E-state index is 12.3. The molecule has 1 aliphatic rings. The van der Waals surface area contributed by atoms with Crippen LogP contribution in [0.3, 0.4) is 0 Å². The summed E-state index contributed by atoms with van der Waals surface area (Å²) in [6, 6.07) is 5.95. The first kappa shape index (κ1) is 15.0. The lowest BCUT2D eigenvalue weighted by molar-refractivity contribution is 0.0935. The fraction of sp³-hybridized carbons (Fsp3) is 0.438. The Hall–Kier alpha value is -1.44. The quantitative estimate of drug-likeness (QED) is 0.818. The highest BCUT2D eigenvalue weighted by molar-refractivity contribution is 7.99. The summed E-state index contributed by atoms with van der Waals surface area (Å²) in [5.41, 5.74) is 8.01. The molecular formula is C16H20N2OS. The van der Waals surface area contributed by atoms with Gasteiger partial charge in [-0.25, -0.2) is 0 Å². The van der Waals surface area contributed by atoms with E-state index in [1.165, 1.54) is 0 Å². The lowest BCUT2D eigenvalue weighted by Crippen LogP contribution is -2.37. The van der Waals surface area contributed by atoms with Gasteiger partial charge >= 0.3 is 0 Å². The van der Waals surface area contributed by atoms with Crippen molar-refractivity contribution in [3.05, 3.63) is 34.9 Å². The van der Waals surface area contributed by atoms with Crippen molar-refractivity contribution in [2.24, 2.45) is 5.73 Å². The van der Waals surface area contributed by atoms with Gasteiger partial charge in [0.2, 0.25) is 0 Å². The molecular weight excluding hydrogens is 268 g/mol. The Morgan fingerprint density at radius 1 is 1.45 bits per heavy atom. The second kappa shape index (κ2) is 7.37. The van der Waals surface area contributed by atoms with Crippen molar-refractivity contribution < 1.29 is 4.79 Å². The van der Waals surface area contributed by atoms with Crippen LogP contribution < -0.4 is 11.1 Å². The monoisotopic (exact) mass is 288 g/mol. The minimum absolute atomic E-state index is 0.00213. The van der Waals surface area contributed by atoms with Crippen molar-refractivity contribution >= 4 is 17.7 Å². The van der Waals surface area contributed by atoms with Gasteiger partial charge in [0.25, 0.3) is 5.91 Å². The summed E-state index contributed by atoms with van der Waals surface area (Å²) in [6.45, 7) is 2.32. The molecule has 1 aromatic carbocycles. The molecule has 0 unspecified atom stereocenters. The van der Waals surface area contributed by atoms with Crippen LogP contribution in [0.1, 0.15) is 34.3 Å². The van der Waals surface area contributed by atoms with E-state index in [1.54, 1.807) is 0 Å². The smallest absolute Gasteiger partial charge is 0.251 e. The van der Waals surface area contributed by atoms with Crippen LogP contribution >= 0.6 is 11.8 Å². The van der Waals surface area contributed by atoms with Crippen molar-refractivity contribution in [2.45, 2.75) is 25.8 Å². The lowest BCUT2D eigenvalue weighted by atomic mass is 10.0. The van der Waals surface area contributed by atoms with Gasteiger partial charge in [0.1, 0.15) is 0 Å². The van der Waals surface area contributed by atoms with Crippen molar-refractivity contribution in [1.29, 1.82) is 0 Å². The van der Waals surface area contributed by atoms with Crippen LogP contribution in [0.2, 0.25) is 0 Å². The Bertz CT molecular complexity index is 539. The molecule has 20 heavy (non-hydrogen) atoms. The van der Waals surface area contributed by atoms with E-state index in [9.17, 15) is 4.79 Å². The van der Waals surface area contributed by atoms with Gasteiger partial charge in [-0.1, -0.05) is 17.9 Å². The van der Waals surface area contributed by atoms with Crippen LogP contribution in [0.5, 0.6) is 0 Å². The number of nitrogens with two attached hydrogens (primary N) is 1. The standard InChI is InChI=1S/C16H20N2OS/c1-12-4-5-14(11-13(12)3-2-8-17)16(19)18-15-6-9-20-10-7-15/h4-5,11,15H,6-10,17H2,1H3,(H,18,19). The Balaban J connectivity index is 2.09. The number of aryl methyl sites for hydroxylation is 1. The minimum atomic E-state index is -0.00213. The summed E-state index contributed by atoms with van der Waals surface area (Å²) < 4.78 is 0. The number of nitrogens with one attached hydrogen (secondary N) is 1. The molecule has 106 valence electrons. The molecule has 0 atom stereocenters. The fourth-order valence-corrected chi connectivity index (χ4v) is 3.26. The second-order valence-electron chi connectivity index (χ2n) is 4.90. The number of rotatable bonds is 2. The first-order valence-corrected chi connectivity index (χ1v) is 8.04. The summed E-state index contributed by atoms with van der Waals surface area (Å²) in [6.07, 6.45) is 2.12. The SMILES string of the molecule is Cc1ccc(C(=O)NC2CCSCC2)cc1C#CCN. The van der Waals surface area contributed by atoms with E-state index in [-0.39, 0.29) is 5.91 Å². The highest BCUT2D eigenvalue weighted by Gasteiger charge is 2.17. The van der Waals surface area contributed by atoms with E-state index in [2.05, 4.69) is 17.2 Å². The molecule has 1 aromatic rings. The van der Waals surface area contributed by atoms with Crippen molar-refractivity contribution in [3.63, 3.8) is 0 Å². The normalized spacial score (nSPS) is 15.3. The molecule has 1 amide bonds. The number of hydrogen-bond acceptors (Lipinski definition) is 3. The first-order valence-electron chi connectivity index (χ1n) is 6.89. The highest BCUT2D eigenvalue weighted by atomic mass is 32.2. The molecule has 4 heteroatoms. The van der Waals surface area contributed by atoms with Crippen LogP contribution in [0.4, 0.5) is 0 Å². The Morgan fingerprint density at radius 3 is 2.90 bits per heavy atom. The number of amides is 1. The van der Waals surface area contributed by atoms with Crippen LogP contribution in [0.25, 0.3) is 0 Å². The van der Waals surface area contributed by atoms with Gasteiger partial charge in [-0.2, -0.15) is 11.8 Å². The third-order valence-corrected chi connectivity index (χ3v) is 4.43. The zero-order valence-electron chi connectivity index (χ0n) is 11.7. The molecule has 0 saturated carbocycles. The molecule has 0 aromatic heterocycles. The molecule has 1 saturated heterocycles. The van der Waals surface area contributed by atoms with E-state index in [1.807, 2.05) is 36.9 Å². The summed E-state index contributed by atoms with van der Waals surface area (Å²) in [5, 5.41) is 3.11. The largest absolute Gasteiger partial charge is 0.349 e. The topological polar surface area (TPSA) is 55.1 Å². The molecule has 0 spiro atoms. The average molecular weight is 288 g/mol. The Labute approximate surface area is 124 Å². The highest BCUT2D eigenvalue weighted by Crippen LogP contribution is 2.18. The third kappa shape index (κ3) is 4.03. The molecule has 3 N–H and O–H groups in total. The zero-order valence-corrected chi connectivity index (χ0v) is 12.6. The van der Waals surface area contributed by atoms with Crippen LogP contribution in [-0.2, 0) is 0 Å². The van der Waals surface area contributed by atoms with Gasteiger partial charge in [-0.3, -0.25) is 4.79 Å². The summed E-state index contributed by atoms with van der Waals surface area (Å²) in [5.74, 6) is 8.11. The van der Waals surface area contributed by atoms with E-state index in [0.717, 1.165) is 35.5 Å². The second-order valence-corrected chi connectivity index (χ2v) is 6.12. The predicted molar refractivity (Wildman–Crippen MR) is 84.9 cm³/mol. The van der Waals surface area contributed by atoms with Gasteiger partial charge in [0.05, 0.1) is 6.54 Å². The van der Waals surface area contributed by atoms with E-state index in [4.69, 9.17) is 5.73 Å². The van der Waals surface area contributed by atoms with Gasteiger partial charge in [-0.05, 0) is 49.0 Å². The third-order valence-electron chi connectivity index (χ3n) is 3.38. The molecule has 0 radical (unpaired) electrons. The maximum Gasteiger partial charge on any atom is 0.251 e. The fourth-order valence-electron chi connectivity index (χ4n) is 2.15. The molecule has 0 aliphatic carbocycles. The summed E-state index contributed by atoms with van der Waals surface area (Å²) >= 11 is 1.95. The number of hydrogen-bond donors (Lipinski definition) is 2. The van der Waals surface area contributed by atoms with Crippen LogP contribution in [0.15, 0.2) is 18.2 Å². The molecule has 1 heterocycles. The van der Waals surface area contributed by atoms with E-state index in [0.29, 0.717) is 18.2 Å². The Kier molecular flexibility index (Phi) is 5.51. The average Bonchev–Trinajstić information content (AvgIpc) is 2.47. The number of carbonyl (C=O) groups excluding carboxylic acids is 1. The molecule has 1 aliphatic heterocycles. The van der Waals surface area contributed by atoms with Gasteiger partial charge in [0.15, 0.2) is 0 Å².